The van der Waals surface area contributed by atoms with Crippen molar-refractivity contribution < 1.29 is 9.21 Å². The Hall–Kier alpha value is -3.04. The van der Waals surface area contributed by atoms with E-state index in [0.29, 0.717) is 16.5 Å². The lowest BCUT2D eigenvalue weighted by Gasteiger charge is -2.03. The Morgan fingerprint density at radius 3 is 2.85 bits per heavy atom. The number of amides is 1. The molecule has 2 N–H and O–H groups in total. The molecule has 0 aliphatic rings. The molecule has 1 amide bonds. The second-order valence-corrected chi connectivity index (χ2v) is 6.36. The Bertz CT molecular complexity index is 1030. The summed E-state index contributed by atoms with van der Waals surface area (Å²) in [5.41, 5.74) is 1.85. The van der Waals surface area contributed by atoms with Crippen molar-refractivity contribution >= 4 is 46.9 Å². The van der Waals surface area contributed by atoms with Crippen LogP contribution in [0.5, 0.6) is 0 Å². The van der Waals surface area contributed by atoms with Crippen molar-refractivity contribution in [3.63, 3.8) is 0 Å². The van der Waals surface area contributed by atoms with E-state index in [1.165, 1.54) is 16.9 Å². The van der Waals surface area contributed by atoms with Gasteiger partial charge < -0.3 is 4.42 Å². The highest BCUT2D eigenvalue weighted by atomic mass is 35.5. The summed E-state index contributed by atoms with van der Waals surface area (Å²) in [5.74, 6) is 0.945. The molecule has 8 nitrogen and oxygen atoms in total. The minimum Gasteiger partial charge on any atom is -0.457 e. The Balaban J connectivity index is 1.59. The number of halogens is 1. The lowest BCUT2D eigenvalue weighted by atomic mass is 10.1. The zero-order valence-electron chi connectivity index (χ0n) is 14.4. The van der Waals surface area contributed by atoms with Crippen LogP contribution in [-0.2, 0) is 11.8 Å². The monoisotopic (exact) mass is 402 g/mol. The van der Waals surface area contributed by atoms with Crippen molar-refractivity contribution in [3.05, 3.63) is 52.8 Å². The Morgan fingerprint density at radius 1 is 1.33 bits per heavy atom. The maximum atomic E-state index is 11.9. The van der Waals surface area contributed by atoms with Gasteiger partial charge in [-0.1, -0.05) is 28.8 Å². The number of hydrogen-bond donors (Lipinski definition) is 2. The van der Waals surface area contributed by atoms with Gasteiger partial charge in [0.05, 0.1) is 7.05 Å². The average Bonchev–Trinajstić information content (AvgIpc) is 3.24. The number of benzene rings is 1. The molecule has 0 unspecified atom stereocenters. The molecule has 0 atom stereocenters. The third kappa shape index (κ3) is 4.99. The van der Waals surface area contributed by atoms with E-state index in [9.17, 15) is 4.79 Å². The average molecular weight is 403 g/mol. The summed E-state index contributed by atoms with van der Waals surface area (Å²) >= 11 is 11.2. The van der Waals surface area contributed by atoms with Gasteiger partial charge in [0.2, 0.25) is 5.91 Å². The number of hydrogen-bond acceptors (Lipinski definition) is 6. The van der Waals surface area contributed by atoms with Crippen molar-refractivity contribution in [1.29, 1.82) is 0 Å². The van der Waals surface area contributed by atoms with Crippen LogP contribution >= 0.6 is 23.8 Å². The van der Waals surface area contributed by atoms with E-state index < -0.39 is 5.91 Å². The van der Waals surface area contributed by atoms with Crippen molar-refractivity contribution in [2.24, 2.45) is 7.05 Å². The molecule has 3 rings (SSSR count). The Morgan fingerprint density at radius 2 is 2.15 bits per heavy atom. The third-order valence-electron chi connectivity index (χ3n) is 3.45. The van der Waals surface area contributed by atoms with Crippen LogP contribution in [0, 0.1) is 6.92 Å². The first kappa shape index (κ1) is 18.7. The number of aromatic nitrogens is 4. The fraction of sp³-hybridized carbons (Fsp3) is 0.118. The second kappa shape index (κ2) is 8.11. The molecule has 10 heteroatoms. The zero-order chi connectivity index (χ0) is 19.4. The molecule has 0 saturated heterocycles. The number of anilines is 1. The molecule has 1 aromatic carbocycles. The van der Waals surface area contributed by atoms with Crippen LogP contribution in [0.2, 0.25) is 5.02 Å². The van der Waals surface area contributed by atoms with E-state index in [1.807, 2.05) is 31.2 Å². The highest BCUT2D eigenvalue weighted by molar-refractivity contribution is 7.80. The molecule has 2 aromatic heterocycles. The quantitative estimate of drug-likeness (QED) is 0.511. The van der Waals surface area contributed by atoms with E-state index in [4.69, 9.17) is 28.2 Å². The van der Waals surface area contributed by atoms with Gasteiger partial charge in [-0.15, -0.1) is 5.10 Å². The van der Waals surface area contributed by atoms with Gasteiger partial charge in [0.1, 0.15) is 11.5 Å². The minimum atomic E-state index is -0.423. The molecule has 0 radical (unpaired) electrons. The van der Waals surface area contributed by atoms with Gasteiger partial charge in [0.25, 0.3) is 5.95 Å². The van der Waals surface area contributed by atoms with Crippen LogP contribution in [0.25, 0.3) is 17.4 Å². The fourth-order valence-electron chi connectivity index (χ4n) is 2.12. The van der Waals surface area contributed by atoms with Crippen molar-refractivity contribution in [2.45, 2.75) is 6.92 Å². The summed E-state index contributed by atoms with van der Waals surface area (Å²) in [4.78, 5) is 13.2. The van der Waals surface area contributed by atoms with Crippen LogP contribution in [0.1, 0.15) is 11.3 Å². The number of rotatable bonds is 4. The summed E-state index contributed by atoms with van der Waals surface area (Å²) in [5, 5.41) is 17.1. The number of tetrazole rings is 1. The molecular weight excluding hydrogens is 388 g/mol. The number of nitrogens with zero attached hydrogens (tertiary/aromatic N) is 4. The minimum absolute atomic E-state index is 0.0621. The topological polar surface area (TPSA) is 97.9 Å². The lowest BCUT2D eigenvalue weighted by Crippen LogP contribution is -2.33. The summed E-state index contributed by atoms with van der Waals surface area (Å²) < 4.78 is 5.71. The number of nitrogens with one attached hydrogen (secondary N) is 2. The van der Waals surface area contributed by atoms with E-state index in [0.717, 1.165) is 11.1 Å². The number of furan rings is 1. The van der Waals surface area contributed by atoms with Gasteiger partial charge in [0.15, 0.2) is 5.11 Å². The smallest absolute Gasteiger partial charge is 0.269 e. The van der Waals surface area contributed by atoms with E-state index in [-0.39, 0.29) is 11.1 Å². The molecule has 0 aliphatic carbocycles. The Labute approximate surface area is 165 Å². The van der Waals surface area contributed by atoms with Crippen LogP contribution in [-0.4, -0.2) is 31.2 Å². The molecule has 138 valence electrons. The van der Waals surface area contributed by atoms with E-state index in [2.05, 4.69) is 26.0 Å². The molecule has 0 spiro atoms. The molecule has 0 fully saturated rings. The summed E-state index contributed by atoms with van der Waals surface area (Å²) in [7, 11) is 1.62. The van der Waals surface area contributed by atoms with Gasteiger partial charge in [-0.25, -0.2) is 0 Å². The maximum Gasteiger partial charge on any atom is 0.269 e. The fourth-order valence-corrected chi connectivity index (χ4v) is 2.49. The first-order valence-electron chi connectivity index (χ1n) is 7.81. The first-order valence-corrected chi connectivity index (χ1v) is 8.60. The predicted molar refractivity (Wildman–Crippen MR) is 106 cm³/mol. The van der Waals surface area contributed by atoms with Gasteiger partial charge in [-0.3, -0.25) is 15.4 Å². The van der Waals surface area contributed by atoms with Gasteiger partial charge in [-0.2, -0.15) is 4.80 Å². The van der Waals surface area contributed by atoms with Crippen molar-refractivity contribution in [1.82, 2.24) is 25.5 Å². The largest absolute Gasteiger partial charge is 0.457 e. The van der Waals surface area contributed by atoms with Gasteiger partial charge in [-0.05, 0) is 54.2 Å². The highest BCUT2D eigenvalue weighted by Crippen LogP contribution is 2.27. The van der Waals surface area contributed by atoms with Gasteiger partial charge >= 0.3 is 0 Å². The highest BCUT2D eigenvalue weighted by Gasteiger charge is 2.07. The second-order valence-electron chi connectivity index (χ2n) is 5.55. The number of carbonyl (C=O) groups is 1. The van der Waals surface area contributed by atoms with Crippen LogP contribution in [0.3, 0.4) is 0 Å². The number of aryl methyl sites for hydroxylation is 2. The number of carbonyl (C=O) groups excluding carboxylic acids is 1. The molecule has 0 bridgehead atoms. The molecular formula is C17H15ClN6O2S. The van der Waals surface area contributed by atoms with E-state index >= 15 is 0 Å². The SMILES string of the molecule is Cc1ccc(-c2ccc(/C=C/C(=O)NC(=S)Nc3nnn(C)n3)o2)cc1Cl. The molecule has 3 aromatic rings. The van der Waals surface area contributed by atoms with Gasteiger partial charge in [0, 0.05) is 16.7 Å². The zero-order valence-corrected chi connectivity index (χ0v) is 16.0. The lowest BCUT2D eigenvalue weighted by molar-refractivity contribution is -0.115. The standard InChI is InChI=1S/C17H15ClN6O2S/c1-10-3-4-11(9-13(10)18)14-7-5-12(26-14)6-8-15(25)19-17(27)20-16-21-23-24(2)22-16/h3-9H,1-2H3,(H2,19,20,22,25,27)/b8-6+. The van der Waals surface area contributed by atoms with Crippen LogP contribution in [0.15, 0.2) is 40.8 Å². The maximum absolute atomic E-state index is 11.9. The molecule has 27 heavy (non-hydrogen) atoms. The summed E-state index contributed by atoms with van der Waals surface area (Å²) in [6.45, 7) is 1.93. The van der Waals surface area contributed by atoms with Crippen LogP contribution in [0.4, 0.5) is 5.95 Å². The molecule has 0 saturated carbocycles. The van der Waals surface area contributed by atoms with Crippen molar-refractivity contribution in [3.8, 4) is 11.3 Å². The normalized spacial score (nSPS) is 10.9. The predicted octanol–water partition coefficient (Wildman–Crippen LogP) is 2.96. The van der Waals surface area contributed by atoms with Crippen molar-refractivity contribution in [2.75, 3.05) is 5.32 Å². The first-order chi connectivity index (χ1) is 12.9. The summed E-state index contributed by atoms with van der Waals surface area (Å²) in [6.07, 6.45) is 2.85. The Kier molecular flexibility index (Phi) is 5.63. The van der Waals surface area contributed by atoms with Crippen LogP contribution < -0.4 is 10.6 Å². The number of thiocarbonyl (C=S) groups is 1. The summed E-state index contributed by atoms with van der Waals surface area (Å²) in [6, 6.07) is 9.24. The molecule has 0 aliphatic heterocycles. The third-order valence-corrected chi connectivity index (χ3v) is 4.06. The molecule has 2 heterocycles. The van der Waals surface area contributed by atoms with E-state index in [1.54, 1.807) is 13.1 Å².